The second-order valence-corrected chi connectivity index (χ2v) is 6.95. The topological polar surface area (TPSA) is 52.8 Å². The minimum atomic E-state index is 0.443. The largest absolute Gasteiger partial charge is 0.496 e. The van der Waals surface area contributed by atoms with E-state index in [1.807, 2.05) is 48.5 Å². The number of hydrogen-bond acceptors (Lipinski definition) is 4. The number of hydrogen-bond donors (Lipinski definition) is 0. The summed E-state index contributed by atoms with van der Waals surface area (Å²) in [6.45, 7) is 4.38. The van der Waals surface area contributed by atoms with Gasteiger partial charge in [-0.1, -0.05) is 56.3 Å². The summed E-state index contributed by atoms with van der Waals surface area (Å²) in [5.41, 5.74) is 5.28. The molecule has 0 aliphatic rings. The maximum absolute atomic E-state index is 5.61. The lowest BCUT2D eigenvalue weighted by Crippen LogP contribution is -1.99. The highest BCUT2D eigenvalue weighted by Crippen LogP contribution is 2.34. The number of benzene rings is 3. The molecule has 1 aromatic heterocycles. The van der Waals surface area contributed by atoms with Gasteiger partial charge in [-0.15, -0.1) is 5.10 Å². The highest BCUT2D eigenvalue weighted by atomic mass is 16.5. The molecule has 3 aromatic carbocycles. The highest BCUT2D eigenvalue weighted by Gasteiger charge is 2.14. The zero-order valence-corrected chi connectivity index (χ0v) is 16.2. The number of rotatable bonds is 5. The van der Waals surface area contributed by atoms with Crippen molar-refractivity contribution in [2.75, 3.05) is 7.11 Å². The van der Waals surface area contributed by atoms with Gasteiger partial charge in [0, 0.05) is 11.1 Å². The van der Waals surface area contributed by atoms with Crippen LogP contribution in [-0.4, -0.2) is 27.3 Å². The molecule has 0 amide bonds. The molecule has 140 valence electrons. The molecular formula is C23H22N4O. The molecule has 0 bridgehead atoms. The molecule has 0 fully saturated rings. The summed E-state index contributed by atoms with van der Waals surface area (Å²) >= 11 is 0. The highest BCUT2D eigenvalue weighted by molar-refractivity contribution is 5.75. The summed E-state index contributed by atoms with van der Waals surface area (Å²) in [7, 11) is 1.70. The first-order valence-corrected chi connectivity index (χ1v) is 9.30. The van der Waals surface area contributed by atoms with Crippen molar-refractivity contribution in [2.45, 2.75) is 19.8 Å². The Hall–Kier alpha value is -3.47. The van der Waals surface area contributed by atoms with E-state index >= 15 is 0 Å². The summed E-state index contributed by atoms with van der Waals surface area (Å²) in [6, 6.07) is 24.5. The molecule has 0 spiro atoms. The van der Waals surface area contributed by atoms with Crippen molar-refractivity contribution in [1.29, 1.82) is 0 Å². The second kappa shape index (κ2) is 7.64. The summed E-state index contributed by atoms with van der Waals surface area (Å²) in [5, 5.41) is 12.3. The first-order chi connectivity index (χ1) is 13.7. The number of aromatic nitrogens is 4. The lowest BCUT2D eigenvalue weighted by Gasteiger charge is -2.14. The van der Waals surface area contributed by atoms with E-state index < -0.39 is 0 Å². The van der Waals surface area contributed by atoms with Gasteiger partial charge in [0.25, 0.3) is 0 Å². The first-order valence-electron chi connectivity index (χ1n) is 9.30. The summed E-state index contributed by atoms with van der Waals surface area (Å²) < 4.78 is 7.36. The molecule has 4 aromatic rings. The van der Waals surface area contributed by atoms with Gasteiger partial charge in [-0.3, -0.25) is 0 Å². The number of tetrazole rings is 1. The van der Waals surface area contributed by atoms with E-state index in [1.165, 1.54) is 5.56 Å². The zero-order valence-electron chi connectivity index (χ0n) is 16.2. The second-order valence-electron chi connectivity index (χ2n) is 6.95. The third-order valence-corrected chi connectivity index (χ3v) is 4.79. The van der Waals surface area contributed by atoms with Gasteiger partial charge in [0.1, 0.15) is 5.75 Å². The maximum Gasteiger partial charge on any atom is 0.187 e. The molecule has 0 atom stereocenters. The average Bonchev–Trinajstić information content (AvgIpc) is 3.24. The van der Waals surface area contributed by atoms with E-state index in [2.05, 4.69) is 53.6 Å². The molecule has 0 saturated heterocycles. The van der Waals surface area contributed by atoms with Crippen LogP contribution in [0.2, 0.25) is 0 Å². The van der Waals surface area contributed by atoms with Crippen LogP contribution >= 0.6 is 0 Å². The summed E-state index contributed by atoms with van der Waals surface area (Å²) in [5.74, 6) is 1.99. The van der Waals surface area contributed by atoms with Crippen LogP contribution in [0.1, 0.15) is 25.3 Å². The van der Waals surface area contributed by atoms with Crippen molar-refractivity contribution in [3.05, 3.63) is 78.4 Å². The molecule has 5 nitrogen and oxygen atoms in total. The van der Waals surface area contributed by atoms with Crippen molar-refractivity contribution in [3.63, 3.8) is 0 Å². The summed E-state index contributed by atoms with van der Waals surface area (Å²) in [6.07, 6.45) is 0. The van der Waals surface area contributed by atoms with Crippen LogP contribution in [0.3, 0.4) is 0 Å². The predicted molar refractivity (Wildman–Crippen MR) is 111 cm³/mol. The smallest absolute Gasteiger partial charge is 0.187 e. The number of methoxy groups -OCH3 is 1. The molecular weight excluding hydrogens is 348 g/mol. The maximum atomic E-state index is 5.61. The fourth-order valence-corrected chi connectivity index (χ4v) is 3.25. The molecule has 5 heteroatoms. The SMILES string of the molecule is COc1ccc(C(C)C)cc1-c1cccc(-c2nnnn2-c2ccccc2)c1. The van der Waals surface area contributed by atoms with Crippen molar-refractivity contribution >= 4 is 0 Å². The van der Waals surface area contributed by atoms with E-state index in [0.717, 1.165) is 28.1 Å². The quantitative estimate of drug-likeness (QED) is 0.489. The van der Waals surface area contributed by atoms with Crippen LogP contribution in [0.4, 0.5) is 0 Å². The molecule has 0 N–H and O–H groups in total. The Morgan fingerprint density at radius 3 is 2.39 bits per heavy atom. The lowest BCUT2D eigenvalue weighted by atomic mass is 9.95. The Morgan fingerprint density at radius 2 is 1.64 bits per heavy atom. The Labute approximate surface area is 164 Å². The van der Waals surface area contributed by atoms with Crippen LogP contribution in [0.15, 0.2) is 72.8 Å². The average molecular weight is 370 g/mol. The zero-order chi connectivity index (χ0) is 19.5. The van der Waals surface area contributed by atoms with Crippen LogP contribution in [0, 0.1) is 0 Å². The molecule has 0 aliphatic carbocycles. The lowest BCUT2D eigenvalue weighted by molar-refractivity contribution is 0.416. The third-order valence-electron chi connectivity index (χ3n) is 4.79. The van der Waals surface area contributed by atoms with Crippen LogP contribution in [0.5, 0.6) is 5.75 Å². The predicted octanol–water partition coefficient (Wildman–Crippen LogP) is 5.13. The Bertz CT molecular complexity index is 1090. The first kappa shape index (κ1) is 17.9. The Balaban J connectivity index is 1.81. The number of ether oxygens (including phenoxy) is 1. The van der Waals surface area contributed by atoms with E-state index in [1.54, 1.807) is 11.8 Å². The van der Waals surface area contributed by atoms with Gasteiger partial charge >= 0.3 is 0 Å². The molecule has 0 saturated carbocycles. The van der Waals surface area contributed by atoms with Crippen LogP contribution in [0.25, 0.3) is 28.2 Å². The van der Waals surface area contributed by atoms with Crippen molar-refractivity contribution in [3.8, 4) is 34.0 Å². The normalized spacial score (nSPS) is 11.0. The number of nitrogens with zero attached hydrogens (tertiary/aromatic N) is 4. The van der Waals surface area contributed by atoms with Gasteiger partial charge in [0.2, 0.25) is 0 Å². The monoisotopic (exact) mass is 370 g/mol. The minimum absolute atomic E-state index is 0.443. The van der Waals surface area contributed by atoms with Crippen molar-refractivity contribution < 1.29 is 4.74 Å². The molecule has 0 radical (unpaired) electrons. The van der Waals surface area contributed by atoms with E-state index in [4.69, 9.17) is 4.74 Å². The third kappa shape index (κ3) is 3.39. The van der Waals surface area contributed by atoms with Gasteiger partial charge in [0.15, 0.2) is 5.82 Å². The summed E-state index contributed by atoms with van der Waals surface area (Å²) in [4.78, 5) is 0. The fourth-order valence-electron chi connectivity index (χ4n) is 3.25. The Morgan fingerprint density at radius 1 is 0.857 bits per heavy atom. The van der Waals surface area contributed by atoms with Gasteiger partial charge in [0.05, 0.1) is 12.8 Å². The van der Waals surface area contributed by atoms with Gasteiger partial charge in [-0.2, -0.15) is 4.68 Å². The fraction of sp³-hybridized carbons (Fsp3) is 0.174. The molecule has 0 aliphatic heterocycles. The van der Waals surface area contributed by atoms with Gasteiger partial charge < -0.3 is 4.74 Å². The van der Waals surface area contributed by atoms with Crippen LogP contribution in [-0.2, 0) is 0 Å². The van der Waals surface area contributed by atoms with Crippen molar-refractivity contribution in [1.82, 2.24) is 20.2 Å². The standard InChI is InChI=1S/C23H22N4O/c1-16(2)17-12-13-22(28-3)21(15-17)18-8-7-9-19(14-18)23-24-25-26-27(23)20-10-5-4-6-11-20/h4-16H,1-3H3. The minimum Gasteiger partial charge on any atom is -0.496 e. The molecule has 28 heavy (non-hydrogen) atoms. The van der Waals surface area contributed by atoms with Crippen LogP contribution < -0.4 is 4.74 Å². The van der Waals surface area contributed by atoms with Gasteiger partial charge in [-0.25, -0.2) is 0 Å². The van der Waals surface area contributed by atoms with E-state index in [9.17, 15) is 0 Å². The molecule has 0 unspecified atom stereocenters. The van der Waals surface area contributed by atoms with E-state index in [-0.39, 0.29) is 0 Å². The van der Waals surface area contributed by atoms with Crippen molar-refractivity contribution in [2.24, 2.45) is 0 Å². The van der Waals surface area contributed by atoms with E-state index in [0.29, 0.717) is 11.7 Å². The number of para-hydroxylation sites is 1. The molecule has 1 heterocycles. The molecule has 4 rings (SSSR count). The van der Waals surface area contributed by atoms with Gasteiger partial charge in [-0.05, 0) is 57.8 Å². The Kier molecular flexibility index (Phi) is 4.89.